The lowest BCUT2D eigenvalue weighted by atomic mass is 9.89. The van der Waals surface area contributed by atoms with Crippen molar-refractivity contribution < 1.29 is 14.4 Å². The van der Waals surface area contributed by atoms with Crippen LogP contribution in [0.15, 0.2) is 22.7 Å². The maximum atomic E-state index is 10.0. The van der Waals surface area contributed by atoms with E-state index in [0.717, 1.165) is 47.6 Å². The number of rotatable bonds is 3. The van der Waals surface area contributed by atoms with Crippen LogP contribution in [0.3, 0.4) is 0 Å². The van der Waals surface area contributed by atoms with Gasteiger partial charge in [-0.3, -0.25) is 0 Å². The van der Waals surface area contributed by atoms with E-state index in [9.17, 15) is 5.11 Å². The van der Waals surface area contributed by atoms with Crippen LogP contribution in [0.25, 0.3) is 0 Å². The van der Waals surface area contributed by atoms with Gasteiger partial charge in [-0.05, 0) is 56.4 Å². The van der Waals surface area contributed by atoms with E-state index in [1.807, 2.05) is 26.0 Å². The summed E-state index contributed by atoms with van der Waals surface area (Å²) >= 11 is 0. The molecule has 4 heteroatoms. The highest BCUT2D eigenvalue weighted by atomic mass is 16.5. The highest BCUT2D eigenvalue weighted by molar-refractivity contribution is 5.38. The number of ether oxygens (including phenoxy) is 1. The highest BCUT2D eigenvalue weighted by Gasteiger charge is 2.18. The number of fused-ring (bicyclic) bond motifs is 1. The molecule has 0 saturated carbocycles. The van der Waals surface area contributed by atoms with Crippen LogP contribution in [0.4, 0.5) is 0 Å². The third-order valence-corrected chi connectivity index (χ3v) is 3.96. The van der Waals surface area contributed by atoms with Crippen molar-refractivity contribution in [1.82, 2.24) is 5.16 Å². The van der Waals surface area contributed by atoms with E-state index >= 15 is 0 Å². The average molecular weight is 273 g/mol. The predicted octanol–water partition coefficient (Wildman–Crippen LogP) is 3.24. The van der Waals surface area contributed by atoms with Crippen LogP contribution in [-0.4, -0.2) is 10.3 Å². The normalized spacial score (nSPS) is 17.9. The summed E-state index contributed by atoms with van der Waals surface area (Å²) in [6, 6.07) is 5.98. The molecule has 1 aromatic heterocycles. The van der Waals surface area contributed by atoms with Crippen LogP contribution in [0.5, 0.6) is 5.75 Å². The molecule has 1 aliphatic carbocycles. The maximum Gasteiger partial charge on any atom is 0.140 e. The first-order valence-electron chi connectivity index (χ1n) is 7.00. The molecular formula is C16H19NO3. The summed E-state index contributed by atoms with van der Waals surface area (Å²) in [6.07, 6.45) is 2.56. The first-order valence-corrected chi connectivity index (χ1v) is 7.00. The van der Waals surface area contributed by atoms with E-state index < -0.39 is 0 Å². The van der Waals surface area contributed by atoms with Gasteiger partial charge in [0.05, 0.1) is 17.4 Å². The van der Waals surface area contributed by atoms with Crippen LogP contribution in [-0.2, 0) is 13.0 Å². The topological polar surface area (TPSA) is 55.5 Å². The van der Waals surface area contributed by atoms with Gasteiger partial charge >= 0.3 is 0 Å². The quantitative estimate of drug-likeness (QED) is 0.932. The molecule has 0 spiro atoms. The molecule has 0 saturated heterocycles. The molecular weight excluding hydrogens is 254 g/mol. The molecule has 0 aliphatic heterocycles. The van der Waals surface area contributed by atoms with Gasteiger partial charge < -0.3 is 14.4 Å². The Kier molecular flexibility index (Phi) is 3.49. The molecule has 0 bridgehead atoms. The zero-order valence-electron chi connectivity index (χ0n) is 11.8. The summed E-state index contributed by atoms with van der Waals surface area (Å²) in [5, 5.41) is 14.0. The Hall–Kier alpha value is -1.81. The van der Waals surface area contributed by atoms with Crippen LogP contribution in [0, 0.1) is 13.8 Å². The molecule has 0 radical (unpaired) electrons. The molecule has 106 valence electrons. The minimum Gasteiger partial charge on any atom is -0.489 e. The molecule has 1 N–H and O–H groups in total. The van der Waals surface area contributed by atoms with Crippen molar-refractivity contribution in [3.8, 4) is 5.75 Å². The van der Waals surface area contributed by atoms with Crippen molar-refractivity contribution in [2.45, 2.75) is 45.8 Å². The van der Waals surface area contributed by atoms with Crippen molar-refractivity contribution >= 4 is 0 Å². The van der Waals surface area contributed by atoms with Gasteiger partial charge in [0.2, 0.25) is 0 Å². The zero-order valence-corrected chi connectivity index (χ0v) is 11.8. The number of aryl methyl sites for hydroxylation is 3. The molecule has 3 rings (SSSR count). The van der Waals surface area contributed by atoms with Gasteiger partial charge in [-0.25, -0.2) is 0 Å². The third kappa shape index (κ3) is 2.43. The average Bonchev–Trinajstić information content (AvgIpc) is 2.76. The van der Waals surface area contributed by atoms with Crippen molar-refractivity contribution in [1.29, 1.82) is 0 Å². The van der Waals surface area contributed by atoms with Crippen LogP contribution < -0.4 is 4.74 Å². The number of hydrogen-bond donors (Lipinski definition) is 1. The van der Waals surface area contributed by atoms with Gasteiger partial charge in [-0.1, -0.05) is 11.2 Å². The lowest BCUT2D eigenvalue weighted by Crippen LogP contribution is -2.09. The third-order valence-electron chi connectivity index (χ3n) is 3.96. The number of benzene rings is 1. The highest BCUT2D eigenvalue weighted by Crippen LogP contribution is 2.32. The molecule has 4 nitrogen and oxygen atoms in total. The Labute approximate surface area is 118 Å². The number of aromatic nitrogens is 1. The Morgan fingerprint density at radius 1 is 1.40 bits per heavy atom. The van der Waals surface area contributed by atoms with Gasteiger partial charge in [-0.2, -0.15) is 0 Å². The predicted molar refractivity (Wildman–Crippen MR) is 74.6 cm³/mol. The fraction of sp³-hybridized carbons (Fsp3) is 0.438. The molecule has 0 amide bonds. The van der Waals surface area contributed by atoms with Gasteiger partial charge in [0.15, 0.2) is 0 Å². The maximum absolute atomic E-state index is 10.0. The zero-order chi connectivity index (χ0) is 14.1. The van der Waals surface area contributed by atoms with E-state index in [1.54, 1.807) is 0 Å². The minimum atomic E-state index is -0.360. The number of aliphatic hydroxyl groups is 1. The number of hydrogen-bond acceptors (Lipinski definition) is 4. The second-order valence-electron chi connectivity index (χ2n) is 5.36. The number of nitrogens with zero attached hydrogens (tertiary/aromatic N) is 1. The summed E-state index contributed by atoms with van der Waals surface area (Å²) in [7, 11) is 0. The summed E-state index contributed by atoms with van der Waals surface area (Å²) < 4.78 is 10.9. The molecule has 2 aromatic rings. The van der Waals surface area contributed by atoms with Crippen LogP contribution >= 0.6 is 0 Å². The van der Waals surface area contributed by atoms with E-state index in [1.165, 1.54) is 5.56 Å². The first kappa shape index (κ1) is 13.2. The van der Waals surface area contributed by atoms with Gasteiger partial charge in [-0.15, -0.1) is 0 Å². The monoisotopic (exact) mass is 273 g/mol. The lowest BCUT2D eigenvalue weighted by Gasteiger charge is -2.22. The molecule has 1 aromatic carbocycles. The molecule has 1 aliphatic rings. The smallest absolute Gasteiger partial charge is 0.140 e. The summed E-state index contributed by atoms with van der Waals surface area (Å²) in [6.45, 7) is 4.23. The SMILES string of the molecule is Cc1noc(C)c1COc1ccc2c(c1)C(O)CCC2. The Morgan fingerprint density at radius 3 is 3.00 bits per heavy atom. The van der Waals surface area contributed by atoms with E-state index in [0.29, 0.717) is 6.61 Å². The van der Waals surface area contributed by atoms with Crippen molar-refractivity contribution in [3.05, 3.63) is 46.3 Å². The molecule has 20 heavy (non-hydrogen) atoms. The van der Waals surface area contributed by atoms with Gasteiger partial charge in [0.1, 0.15) is 18.1 Å². The fourth-order valence-corrected chi connectivity index (χ4v) is 2.71. The second-order valence-corrected chi connectivity index (χ2v) is 5.36. The summed E-state index contributed by atoms with van der Waals surface area (Å²) in [5.74, 6) is 1.57. The molecule has 1 unspecified atom stereocenters. The van der Waals surface area contributed by atoms with Crippen molar-refractivity contribution in [3.63, 3.8) is 0 Å². The lowest BCUT2D eigenvalue weighted by molar-refractivity contribution is 0.156. The molecule has 0 fully saturated rings. The molecule has 1 atom stereocenters. The Bertz CT molecular complexity index is 599. The van der Waals surface area contributed by atoms with E-state index in [2.05, 4.69) is 11.2 Å². The van der Waals surface area contributed by atoms with E-state index in [4.69, 9.17) is 9.26 Å². The Morgan fingerprint density at radius 2 is 2.25 bits per heavy atom. The van der Waals surface area contributed by atoms with Crippen molar-refractivity contribution in [2.24, 2.45) is 0 Å². The summed E-state index contributed by atoms with van der Waals surface area (Å²) in [5.41, 5.74) is 4.09. The van der Waals surface area contributed by atoms with Gasteiger partial charge in [0.25, 0.3) is 0 Å². The molecule has 1 heterocycles. The first-order chi connectivity index (χ1) is 9.65. The van der Waals surface area contributed by atoms with Crippen LogP contribution in [0.2, 0.25) is 0 Å². The second kappa shape index (κ2) is 5.29. The standard InChI is InChI=1S/C16H19NO3/c1-10-15(11(2)20-17-10)9-19-13-7-6-12-4-3-5-16(18)14(12)8-13/h6-8,16,18H,3-5,9H2,1-2H3. The van der Waals surface area contributed by atoms with E-state index in [-0.39, 0.29) is 6.10 Å². The van der Waals surface area contributed by atoms with Gasteiger partial charge in [0, 0.05) is 0 Å². The summed E-state index contributed by atoms with van der Waals surface area (Å²) in [4.78, 5) is 0. The Balaban J connectivity index is 1.77. The van der Waals surface area contributed by atoms with Crippen molar-refractivity contribution in [2.75, 3.05) is 0 Å². The number of aliphatic hydroxyl groups excluding tert-OH is 1. The minimum absolute atomic E-state index is 0.360. The van der Waals surface area contributed by atoms with Crippen LogP contribution in [0.1, 0.15) is 47.1 Å². The largest absolute Gasteiger partial charge is 0.489 e. The fourth-order valence-electron chi connectivity index (χ4n) is 2.71.